The summed E-state index contributed by atoms with van der Waals surface area (Å²) in [5, 5.41) is 11.5. The van der Waals surface area contributed by atoms with Gasteiger partial charge in [-0.05, 0) is 0 Å². The first-order valence-electron chi connectivity index (χ1n) is 5.06. The zero-order valence-electron chi connectivity index (χ0n) is 9.23. The molecule has 0 fully saturated rings. The summed E-state index contributed by atoms with van der Waals surface area (Å²) in [7, 11) is 0. The Balaban J connectivity index is 2.78. The molecule has 2 atom stereocenters. The molecule has 0 bridgehead atoms. The van der Waals surface area contributed by atoms with Crippen LogP contribution in [0.2, 0.25) is 0 Å². The van der Waals surface area contributed by atoms with E-state index >= 15 is 0 Å². The van der Waals surface area contributed by atoms with Crippen molar-refractivity contribution in [2.45, 2.75) is 32.2 Å². The number of carbonyl (C=O) groups is 2. The van der Waals surface area contributed by atoms with Crippen molar-refractivity contribution in [2.24, 2.45) is 0 Å². The zero-order valence-corrected chi connectivity index (χ0v) is 9.23. The van der Waals surface area contributed by atoms with Gasteiger partial charge < -0.3 is 15.4 Å². The monoisotopic (exact) mass is 225 g/mol. The van der Waals surface area contributed by atoms with E-state index in [9.17, 15) is 9.59 Å². The predicted octanol–water partition coefficient (Wildman–Crippen LogP) is 0.493. The molecule has 0 saturated heterocycles. The average molecular weight is 225 g/mol. The molecule has 1 rings (SSSR count). The van der Waals surface area contributed by atoms with Crippen molar-refractivity contribution >= 4 is 11.9 Å². The van der Waals surface area contributed by atoms with Gasteiger partial charge in [0.1, 0.15) is 6.04 Å². The van der Waals surface area contributed by atoms with Gasteiger partial charge in [0.25, 0.3) is 0 Å². The van der Waals surface area contributed by atoms with E-state index in [0.717, 1.165) is 0 Å². The summed E-state index contributed by atoms with van der Waals surface area (Å²) in [6.07, 6.45) is 3.30. The SMILES string of the molecule is CCC(=O)NC(C(=O)O)C(C)c1cnc[nH]1. The third-order valence-corrected chi connectivity index (χ3v) is 2.41. The Hall–Kier alpha value is -1.85. The van der Waals surface area contributed by atoms with E-state index in [4.69, 9.17) is 5.11 Å². The number of amides is 1. The number of carboxylic acids is 1. The predicted molar refractivity (Wildman–Crippen MR) is 56.9 cm³/mol. The molecule has 0 aliphatic heterocycles. The lowest BCUT2D eigenvalue weighted by Gasteiger charge is -2.19. The van der Waals surface area contributed by atoms with Crippen molar-refractivity contribution in [3.8, 4) is 0 Å². The first-order valence-corrected chi connectivity index (χ1v) is 5.06. The van der Waals surface area contributed by atoms with E-state index in [1.54, 1.807) is 20.0 Å². The molecule has 6 heteroatoms. The largest absolute Gasteiger partial charge is 0.480 e. The van der Waals surface area contributed by atoms with Gasteiger partial charge in [-0.25, -0.2) is 9.78 Å². The standard InChI is InChI=1S/C10H15N3O3/c1-3-8(14)13-9(10(15)16)6(2)7-4-11-5-12-7/h4-6,9H,3H2,1-2H3,(H,11,12)(H,13,14)(H,15,16). The normalized spacial score (nSPS) is 14.1. The number of nitrogens with one attached hydrogen (secondary N) is 2. The summed E-state index contributed by atoms with van der Waals surface area (Å²) in [5.41, 5.74) is 0.684. The molecular weight excluding hydrogens is 210 g/mol. The van der Waals surface area contributed by atoms with E-state index < -0.39 is 12.0 Å². The van der Waals surface area contributed by atoms with Crippen LogP contribution in [-0.2, 0) is 9.59 Å². The maximum absolute atomic E-state index is 11.2. The second-order valence-electron chi connectivity index (χ2n) is 3.53. The fourth-order valence-corrected chi connectivity index (χ4v) is 1.37. The van der Waals surface area contributed by atoms with Gasteiger partial charge in [0.2, 0.25) is 5.91 Å². The highest BCUT2D eigenvalue weighted by Crippen LogP contribution is 2.16. The molecule has 0 saturated carbocycles. The molecular formula is C10H15N3O3. The molecule has 1 aromatic heterocycles. The first-order chi connectivity index (χ1) is 7.56. The van der Waals surface area contributed by atoms with Crippen molar-refractivity contribution in [1.29, 1.82) is 0 Å². The number of carboxylic acid groups (broad SMARTS) is 1. The van der Waals surface area contributed by atoms with Gasteiger partial charge in [-0.3, -0.25) is 4.79 Å². The van der Waals surface area contributed by atoms with Crippen LogP contribution in [0, 0.1) is 0 Å². The maximum Gasteiger partial charge on any atom is 0.326 e. The molecule has 1 amide bonds. The summed E-state index contributed by atoms with van der Waals surface area (Å²) in [6, 6.07) is -0.937. The Labute approximate surface area is 93.1 Å². The average Bonchev–Trinajstić information content (AvgIpc) is 2.77. The van der Waals surface area contributed by atoms with Gasteiger partial charge >= 0.3 is 5.97 Å². The Bertz CT molecular complexity index is 361. The smallest absolute Gasteiger partial charge is 0.326 e. The first kappa shape index (κ1) is 12.2. The molecule has 6 nitrogen and oxygen atoms in total. The van der Waals surface area contributed by atoms with Gasteiger partial charge in [-0.1, -0.05) is 13.8 Å². The summed E-state index contributed by atoms with van der Waals surface area (Å²) < 4.78 is 0. The lowest BCUT2D eigenvalue weighted by atomic mass is 9.99. The highest BCUT2D eigenvalue weighted by Gasteiger charge is 2.27. The molecule has 16 heavy (non-hydrogen) atoms. The Morgan fingerprint density at radius 3 is 2.75 bits per heavy atom. The van der Waals surface area contributed by atoms with Crippen LogP contribution in [-0.4, -0.2) is 33.0 Å². The van der Waals surface area contributed by atoms with Crippen molar-refractivity contribution in [3.05, 3.63) is 18.2 Å². The quantitative estimate of drug-likeness (QED) is 0.679. The van der Waals surface area contributed by atoms with Gasteiger partial charge in [-0.15, -0.1) is 0 Å². The number of aliphatic carboxylic acids is 1. The van der Waals surface area contributed by atoms with Gasteiger partial charge in [0.15, 0.2) is 0 Å². The third kappa shape index (κ3) is 2.82. The number of imidazole rings is 1. The molecule has 0 spiro atoms. The summed E-state index contributed by atoms with van der Waals surface area (Å²) >= 11 is 0. The van der Waals surface area contributed by atoms with Crippen LogP contribution in [0.5, 0.6) is 0 Å². The zero-order chi connectivity index (χ0) is 12.1. The third-order valence-electron chi connectivity index (χ3n) is 2.41. The molecule has 1 aromatic rings. The number of rotatable bonds is 5. The number of hydrogen-bond acceptors (Lipinski definition) is 3. The lowest BCUT2D eigenvalue weighted by molar-refractivity contribution is -0.142. The summed E-state index contributed by atoms with van der Waals surface area (Å²) in [5.74, 6) is -1.68. The Morgan fingerprint density at radius 1 is 1.62 bits per heavy atom. The molecule has 0 radical (unpaired) electrons. The fraction of sp³-hybridized carbons (Fsp3) is 0.500. The van der Waals surface area contributed by atoms with Crippen LogP contribution in [0.1, 0.15) is 31.9 Å². The minimum Gasteiger partial charge on any atom is -0.480 e. The number of aromatic amines is 1. The van der Waals surface area contributed by atoms with Gasteiger partial charge in [-0.2, -0.15) is 0 Å². The topological polar surface area (TPSA) is 95.1 Å². The number of H-pyrrole nitrogens is 1. The minimum atomic E-state index is -1.05. The highest BCUT2D eigenvalue weighted by molar-refractivity contribution is 5.84. The summed E-state index contributed by atoms with van der Waals surface area (Å²) in [4.78, 5) is 28.9. The second kappa shape index (κ2) is 5.29. The van der Waals surface area contributed by atoms with E-state index in [0.29, 0.717) is 5.69 Å². The lowest BCUT2D eigenvalue weighted by Crippen LogP contribution is -2.44. The molecule has 0 aromatic carbocycles. The summed E-state index contributed by atoms with van der Waals surface area (Å²) in [6.45, 7) is 3.40. The van der Waals surface area contributed by atoms with Crippen LogP contribution in [0.3, 0.4) is 0 Å². The van der Waals surface area contributed by atoms with E-state index in [1.807, 2.05) is 0 Å². The Kier molecular flexibility index (Phi) is 4.04. The van der Waals surface area contributed by atoms with E-state index in [2.05, 4.69) is 15.3 Å². The second-order valence-corrected chi connectivity index (χ2v) is 3.53. The number of aromatic nitrogens is 2. The Morgan fingerprint density at radius 2 is 2.31 bits per heavy atom. The highest BCUT2D eigenvalue weighted by atomic mass is 16.4. The van der Waals surface area contributed by atoms with Crippen molar-refractivity contribution in [2.75, 3.05) is 0 Å². The van der Waals surface area contributed by atoms with Crippen LogP contribution in [0.15, 0.2) is 12.5 Å². The van der Waals surface area contributed by atoms with Crippen LogP contribution in [0.4, 0.5) is 0 Å². The number of nitrogens with zero attached hydrogens (tertiary/aromatic N) is 1. The molecule has 88 valence electrons. The molecule has 0 aliphatic carbocycles. The van der Waals surface area contributed by atoms with Crippen molar-refractivity contribution in [1.82, 2.24) is 15.3 Å². The van der Waals surface area contributed by atoms with Crippen LogP contribution >= 0.6 is 0 Å². The molecule has 1 heterocycles. The number of carbonyl (C=O) groups excluding carboxylic acids is 1. The van der Waals surface area contributed by atoms with Crippen molar-refractivity contribution in [3.63, 3.8) is 0 Å². The molecule has 2 unspecified atom stereocenters. The van der Waals surface area contributed by atoms with Crippen LogP contribution < -0.4 is 5.32 Å². The van der Waals surface area contributed by atoms with Gasteiger partial charge in [0.05, 0.1) is 6.33 Å². The number of hydrogen-bond donors (Lipinski definition) is 3. The van der Waals surface area contributed by atoms with Gasteiger partial charge in [0, 0.05) is 24.2 Å². The van der Waals surface area contributed by atoms with Crippen LogP contribution in [0.25, 0.3) is 0 Å². The van der Waals surface area contributed by atoms with E-state index in [-0.39, 0.29) is 18.2 Å². The van der Waals surface area contributed by atoms with E-state index in [1.165, 1.54) is 6.33 Å². The molecule has 3 N–H and O–H groups in total. The van der Waals surface area contributed by atoms with Crippen molar-refractivity contribution < 1.29 is 14.7 Å². The minimum absolute atomic E-state index is 0.263. The fourth-order valence-electron chi connectivity index (χ4n) is 1.37. The maximum atomic E-state index is 11.2. The molecule has 0 aliphatic rings.